The number of hydrogen-bond acceptors (Lipinski definition) is 8. The summed E-state index contributed by atoms with van der Waals surface area (Å²) in [5.41, 5.74) is 6.39. The summed E-state index contributed by atoms with van der Waals surface area (Å²) in [4.78, 5) is 11.5. The van der Waals surface area contributed by atoms with Crippen LogP contribution in [0.2, 0.25) is 5.02 Å². The number of aliphatic hydroxyl groups excluding tert-OH is 1. The van der Waals surface area contributed by atoms with Crippen molar-refractivity contribution in [3.63, 3.8) is 0 Å². The van der Waals surface area contributed by atoms with Gasteiger partial charge >= 0.3 is 5.97 Å². The van der Waals surface area contributed by atoms with E-state index >= 15 is 0 Å². The predicted molar refractivity (Wildman–Crippen MR) is 154 cm³/mol. The number of halogens is 1. The fourth-order valence-electron chi connectivity index (χ4n) is 4.52. The summed E-state index contributed by atoms with van der Waals surface area (Å²) < 4.78 is 17.5. The van der Waals surface area contributed by atoms with Crippen LogP contribution in [-0.4, -0.2) is 39.1 Å². The summed E-state index contributed by atoms with van der Waals surface area (Å²) in [6.45, 7) is 1.93. The molecule has 0 amide bonds. The Morgan fingerprint density at radius 2 is 1.71 bits per heavy atom. The van der Waals surface area contributed by atoms with Crippen LogP contribution >= 0.6 is 11.6 Å². The Balaban J connectivity index is 1.46. The van der Waals surface area contributed by atoms with Crippen molar-refractivity contribution in [3.8, 4) is 22.6 Å². The monoisotopic (exact) mass is 573 g/mol. The molecule has 0 radical (unpaired) electrons. The number of aliphatic carboxylic acids is 1. The van der Waals surface area contributed by atoms with Gasteiger partial charge in [-0.25, -0.2) is 4.63 Å². The van der Waals surface area contributed by atoms with Gasteiger partial charge < -0.3 is 19.7 Å². The summed E-state index contributed by atoms with van der Waals surface area (Å²) in [6, 6.07) is 24.0. The summed E-state index contributed by atoms with van der Waals surface area (Å²) in [5, 5.41) is 30.4. The predicted octanol–water partition coefficient (Wildman–Crippen LogP) is 5.54. The molecule has 41 heavy (non-hydrogen) atoms. The maximum atomic E-state index is 11.5. The van der Waals surface area contributed by atoms with Crippen LogP contribution in [-0.2, 0) is 24.6 Å². The number of nitrogens with zero attached hydrogens (tertiary/aromatic N) is 2. The van der Waals surface area contributed by atoms with Gasteiger partial charge in [-0.2, -0.15) is 0 Å². The number of benzene rings is 4. The van der Waals surface area contributed by atoms with E-state index in [-0.39, 0.29) is 19.8 Å². The number of hydrogen-bond donors (Lipinski definition) is 3. The second kappa shape index (κ2) is 12.8. The zero-order chi connectivity index (χ0) is 28.8. The fourth-order valence-corrected chi connectivity index (χ4v) is 4.73. The minimum absolute atomic E-state index is 0.0195. The van der Waals surface area contributed by atoms with Crippen molar-refractivity contribution < 1.29 is 29.1 Å². The van der Waals surface area contributed by atoms with Crippen LogP contribution in [0.15, 0.2) is 83.5 Å². The molecule has 0 unspecified atom stereocenters. The third-order valence-electron chi connectivity index (χ3n) is 6.77. The summed E-state index contributed by atoms with van der Waals surface area (Å²) >= 11 is 6.14. The highest BCUT2D eigenvalue weighted by atomic mass is 35.5. The lowest BCUT2D eigenvalue weighted by Gasteiger charge is -2.17. The standard InChI is InChI=1S/C31H28ClN3O6/c1-19-22(10-6-12-24(19)21-8-3-2-4-9-21)18-40-28-14-27(39-17-20-7-5-11-23(32)13-20)25(29-30(28)35-41-34-29)15-33-26(16-36)31(37)38/h2-14,26,33,36H,15-18H2,1H3,(H,37,38)/t26-/m1/s1. The van der Waals surface area contributed by atoms with Crippen LogP contribution in [0, 0.1) is 6.92 Å². The normalized spacial score (nSPS) is 11.9. The molecule has 10 heteroatoms. The minimum Gasteiger partial charge on any atom is -0.488 e. The number of nitrogens with one attached hydrogen (secondary N) is 1. The smallest absolute Gasteiger partial charge is 0.323 e. The number of carbonyl (C=O) groups is 1. The van der Waals surface area contributed by atoms with E-state index in [4.69, 9.17) is 25.7 Å². The molecule has 0 spiro atoms. The van der Waals surface area contributed by atoms with Crippen molar-refractivity contribution in [3.05, 3.63) is 106 Å². The molecule has 0 aliphatic heterocycles. The Hall–Kier alpha value is -4.44. The molecule has 0 saturated heterocycles. The molecule has 0 fully saturated rings. The highest BCUT2D eigenvalue weighted by Gasteiger charge is 2.23. The lowest BCUT2D eigenvalue weighted by atomic mass is 9.97. The number of ether oxygens (including phenoxy) is 2. The SMILES string of the molecule is Cc1c(COc2cc(OCc3cccc(Cl)c3)c(CN[C@H](CO)C(=O)O)c3nonc23)cccc1-c1ccccc1. The van der Waals surface area contributed by atoms with E-state index in [2.05, 4.69) is 40.8 Å². The summed E-state index contributed by atoms with van der Waals surface area (Å²) in [5.74, 6) is -0.392. The van der Waals surface area contributed by atoms with E-state index in [1.165, 1.54) is 0 Å². The third kappa shape index (κ3) is 6.49. The number of fused-ring (bicyclic) bond motifs is 1. The van der Waals surface area contributed by atoms with Gasteiger partial charge in [-0.15, -0.1) is 0 Å². The van der Waals surface area contributed by atoms with Crippen LogP contribution in [0.5, 0.6) is 11.5 Å². The highest BCUT2D eigenvalue weighted by molar-refractivity contribution is 6.30. The summed E-state index contributed by atoms with van der Waals surface area (Å²) in [7, 11) is 0. The van der Waals surface area contributed by atoms with Crippen molar-refractivity contribution in [2.45, 2.75) is 32.7 Å². The Morgan fingerprint density at radius 3 is 2.46 bits per heavy atom. The fraction of sp³-hybridized carbons (Fsp3) is 0.194. The number of rotatable bonds is 12. The molecule has 0 aliphatic rings. The molecular weight excluding hydrogens is 546 g/mol. The third-order valence-corrected chi connectivity index (χ3v) is 7.01. The first-order valence-electron chi connectivity index (χ1n) is 12.9. The Morgan fingerprint density at radius 1 is 0.951 bits per heavy atom. The zero-order valence-corrected chi connectivity index (χ0v) is 23.0. The van der Waals surface area contributed by atoms with Crippen molar-refractivity contribution in [1.29, 1.82) is 0 Å². The van der Waals surface area contributed by atoms with Gasteiger partial charge in [0.25, 0.3) is 0 Å². The molecule has 9 nitrogen and oxygen atoms in total. The molecule has 210 valence electrons. The molecule has 5 aromatic rings. The largest absolute Gasteiger partial charge is 0.488 e. The molecule has 1 atom stereocenters. The molecule has 3 N–H and O–H groups in total. The van der Waals surface area contributed by atoms with Crippen molar-refractivity contribution in [2.75, 3.05) is 6.61 Å². The average molecular weight is 574 g/mol. The zero-order valence-electron chi connectivity index (χ0n) is 22.2. The second-order valence-electron chi connectivity index (χ2n) is 9.43. The number of aliphatic hydroxyl groups is 1. The van der Waals surface area contributed by atoms with Crippen LogP contribution in [0.1, 0.15) is 22.3 Å². The molecule has 0 bridgehead atoms. The number of carboxylic acid groups (broad SMARTS) is 1. The van der Waals surface area contributed by atoms with Gasteiger partial charge in [-0.05, 0) is 57.2 Å². The summed E-state index contributed by atoms with van der Waals surface area (Å²) in [6.07, 6.45) is 0. The van der Waals surface area contributed by atoms with Crippen LogP contribution in [0.25, 0.3) is 22.2 Å². The van der Waals surface area contributed by atoms with E-state index in [1.54, 1.807) is 18.2 Å². The number of aromatic nitrogens is 2. The Bertz CT molecular complexity index is 1660. The maximum Gasteiger partial charge on any atom is 0.323 e. The lowest BCUT2D eigenvalue weighted by Crippen LogP contribution is -2.39. The van der Waals surface area contributed by atoms with Crippen molar-refractivity contribution in [1.82, 2.24) is 15.6 Å². The Labute approximate surface area is 241 Å². The molecule has 4 aromatic carbocycles. The molecule has 5 rings (SSSR count). The van der Waals surface area contributed by atoms with E-state index in [0.29, 0.717) is 33.1 Å². The van der Waals surface area contributed by atoms with Crippen molar-refractivity contribution in [2.24, 2.45) is 0 Å². The minimum atomic E-state index is -1.18. The maximum absolute atomic E-state index is 11.5. The number of carboxylic acids is 1. The lowest BCUT2D eigenvalue weighted by molar-refractivity contribution is -0.140. The van der Waals surface area contributed by atoms with Gasteiger partial charge in [-0.1, -0.05) is 72.3 Å². The van der Waals surface area contributed by atoms with E-state index in [1.807, 2.05) is 42.5 Å². The Kier molecular flexibility index (Phi) is 8.79. The quantitative estimate of drug-likeness (QED) is 0.176. The van der Waals surface area contributed by atoms with Gasteiger partial charge in [0.05, 0.1) is 6.61 Å². The first-order chi connectivity index (χ1) is 19.9. The van der Waals surface area contributed by atoms with Crippen LogP contribution < -0.4 is 14.8 Å². The van der Waals surface area contributed by atoms with Gasteiger partial charge in [0, 0.05) is 23.2 Å². The van der Waals surface area contributed by atoms with Gasteiger partial charge in [0.2, 0.25) is 0 Å². The average Bonchev–Trinajstić information content (AvgIpc) is 3.47. The highest BCUT2D eigenvalue weighted by Crippen LogP contribution is 2.36. The first kappa shape index (κ1) is 28.1. The molecule has 0 saturated carbocycles. The van der Waals surface area contributed by atoms with Gasteiger partial charge in [0.15, 0.2) is 11.3 Å². The second-order valence-corrected chi connectivity index (χ2v) is 9.87. The van der Waals surface area contributed by atoms with E-state index < -0.39 is 18.6 Å². The van der Waals surface area contributed by atoms with Crippen LogP contribution in [0.3, 0.4) is 0 Å². The molecular formula is C31H28ClN3O6. The van der Waals surface area contributed by atoms with Gasteiger partial charge in [0.1, 0.15) is 30.5 Å². The molecule has 1 aromatic heterocycles. The first-order valence-corrected chi connectivity index (χ1v) is 13.3. The van der Waals surface area contributed by atoms with Crippen LogP contribution in [0.4, 0.5) is 0 Å². The van der Waals surface area contributed by atoms with Crippen molar-refractivity contribution >= 4 is 28.6 Å². The molecule has 1 heterocycles. The van der Waals surface area contributed by atoms with Gasteiger partial charge in [-0.3, -0.25) is 10.1 Å². The van der Waals surface area contributed by atoms with E-state index in [9.17, 15) is 15.0 Å². The topological polar surface area (TPSA) is 127 Å². The van der Waals surface area contributed by atoms with E-state index in [0.717, 1.165) is 27.8 Å². The molecule has 0 aliphatic carbocycles.